The Morgan fingerprint density at radius 1 is 1.20 bits per heavy atom. The molecule has 1 heterocycles. The van der Waals surface area contributed by atoms with Crippen LogP contribution in [0.25, 0.3) is 0 Å². The van der Waals surface area contributed by atoms with Gasteiger partial charge in [-0.3, -0.25) is 0 Å². The van der Waals surface area contributed by atoms with E-state index in [1.807, 2.05) is 0 Å². The molecule has 84 valence electrons. The van der Waals surface area contributed by atoms with E-state index in [0.29, 0.717) is 12.5 Å². The molecule has 0 saturated carbocycles. The maximum Gasteiger partial charge on any atom is 0.129 e. The maximum atomic E-state index is 12.7. The lowest BCUT2D eigenvalue weighted by Crippen LogP contribution is -2.45. The second kappa shape index (κ2) is 5.28. The third kappa shape index (κ3) is 3.32. The van der Waals surface area contributed by atoms with Crippen LogP contribution in [0.15, 0.2) is 18.2 Å². The zero-order valence-electron chi connectivity index (χ0n) is 8.00. The van der Waals surface area contributed by atoms with Gasteiger partial charge in [-0.2, -0.15) is 0 Å². The molecule has 1 aliphatic heterocycles. The number of ether oxygens (including phenoxy) is 1. The first-order valence-electron chi connectivity index (χ1n) is 4.53. The van der Waals surface area contributed by atoms with E-state index >= 15 is 0 Å². The van der Waals surface area contributed by atoms with Crippen LogP contribution < -0.4 is 10.1 Å². The molecule has 2 nitrogen and oxygen atoms in total. The molecule has 0 radical (unpaired) electrons. The van der Waals surface area contributed by atoms with Gasteiger partial charge in [0.1, 0.15) is 17.4 Å². The van der Waals surface area contributed by atoms with Gasteiger partial charge in [0.2, 0.25) is 0 Å². The molecule has 0 spiro atoms. The van der Waals surface area contributed by atoms with Crippen LogP contribution in [0, 0.1) is 17.6 Å². The van der Waals surface area contributed by atoms with Crippen LogP contribution in [0.3, 0.4) is 0 Å². The molecule has 2 rings (SSSR count). The molecule has 0 aromatic heterocycles. The highest BCUT2D eigenvalue weighted by Gasteiger charge is 2.17. The molecule has 0 aliphatic carbocycles. The average molecular weight is 236 g/mol. The molecule has 1 aromatic carbocycles. The molecule has 0 amide bonds. The van der Waals surface area contributed by atoms with Gasteiger partial charge in [0, 0.05) is 37.2 Å². The van der Waals surface area contributed by atoms with Crippen LogP contribution in [-0.4, -0.2) is 19.7 Å². The minimum atomic E-state index is -0.605. The van der Waals surface area contributed by atoms with Crippen LogP contribution >= 0.6 is 12.4 Å². The Morgan fingerprint density at radius 3 is 2.27 bits per heavy atom. The lowest BCUT2D eigenvalue weighted by atomic mass is 10.1. The molecule has 1 fully saturated rings. The Kier molecular flexibility index (Phi) is 4.29. The first-order chi connectivity index (χ1) is 6.74. The topological polar surface area (TPSA) is 21.3 Å². The van der Waals surface area contributed by atoms with Gasteiger partial charge in [-0.15, -0.1) is 12.4 Å². The number of nitrogens with one attached hydrogen (secondary N) is 1. The van der Waals surface area contributed by atoms with Crippen molar-refractivity contribution in [2.24, 2.45) is 5.92 Å². The summed E-state index contributed by atoms with van der Waals surface area (Å²) in [6.07, 6.45) is 0. The molecule has 0 unspecified atom stereocenters. The van der Waals surface area contributed by atoms with Gasteiger partial charge < -0.3 is 10.1 Å². The Labute approximate surface area is 93.0 Å². The first kappa shape index (κ1) is 12.2. The minimum Gasteiger partial charge on any atom is -0.493 e. The Hall–Kier alpha value is -0.870. The van der Waals surface area contributed by atoms with Crippen molar-refractivity contribution < 1.29 is 13.5 Å². The summed E-state index contributed by atoms with van der Waals surface area (Å²) >= 11 is 0. The second-order valence-electron chi connectivity index (χ2n) is 3.44. The van der Waals surface area contributed by atoms with Gasteiger partial charge >= 0.3 is 0 Å². The highest BCUT2D eigenvalue weighted by Crippen LogP contribution is 2.16. The van der Waals surface area contributed by atoms with E-state index in [4.69, 9.17) is 4.74 Å². The normalized spacial score (nSPS) is 15.3. The second-order valence-corrected chi connectivity index (χ2v) is 3.44. The number of benzene rings is 1. The van der Waals surface area contributed by atoms with Crippen molar-refractivity contribution in [3.8, 4) is 5.75 Å². The molecule has 15 heavy (non-hydrogen) atoms. The SMILES string of the molecule is Cl.Fc1cc(F)cc(OCC2CNC2)c1. The number of hydrogen-bond donors (Lipinski definition) is 1. The van der Waals surface area contributed by atoms with E-state index in [-0.39, 0.29) is 18.2 Å². The van der Waals surface area contributed by atoms with Crippen molar-refractivity contribution >= 4 is 12.4 Å². The highest BCUT2D eigenvalue weighted by molar-refractivity contribution is 5.85. The van der Waals surface area contributed by atoms with Crippen LogP contribution in [0.4, 0.5) is 8.78 Å². The molecule has 1 N–H and O–H groups in total. The van der Waals surface area contributed by atoms with Crippen molar-refractivity contribution in [2.45, 2.75) is 0 Å². The van der Waals surface area contributed by atoms with E-state index < -0.39 is 11.6 Å². The Balaban J connectivity index is 0.00000112. The van der Waals surface area contributed by atoms with Gasteiger partial charge in [0.15, 0.2) is 0 Å². The van der Waals surface area contributed by atoms with Gasteiger partial charge in [0.05, 0.1) is 6.61 Å². The van der Waals surface area contributed by atoms with Crippen molar-refractivity contribution in [1.29, 1.82) is 0 Å². The van der Waals surface area contributed by atoms with Gasteiger partial charge in [0.25, 0.3) is 0 Å². The van der Waals surface area contributed by atoms with Crippen LogP contribution in [-0.2, 0) is 0 Å². The summed E-state index contributed by atoms with van der Waals surface area (Å²) in [7, 11) is 0. The van der Waals surface area contributed by atoms with Crippen molar-refractivity contribution in [1.82, 2.24) is 5.32 Å². The van der Waals surface area contributed by atoms with Gasteiger partial charge in [-0.1, -0.05) is 0 Å². The number of halogens is 3. The fraction of sp³-hybridized carbons (Fsp3) is 0.400. The molecule has 5 heteroatoms. The van der Waals surface area contributed by atoms with Crippen LogP contribution in [0.1, 0.15) is 0 Å². The molecule has 1 aliphatic rings. The van der Waals surface area contributed by atoms with E-state index in [1.165, 1.54) is 12.1 Å². The van der Waals surface area contributed by atoms with E-state index in [9.17, 15) is 8.78 Å². The zero-order valence-corrected chi connectivity index (χ0v) is 8.82. The van der Waals surface area contributed by atoms with E-state index in [2.05, 4.69) is 5.32 Å². The van der Waals surface area contributed by atoms with Crippen LogP contribution in [0.5, 0.6) is 5.75 Å². The lowest BCUT2D eigenvalue weighted by Gasteiger charge is -2.26. The first-order valence-corrected chi connectivity index (χ1v) is 4.53. The lowest BCUT2D eigenvalue weighted by molar-refractivity contribution is 0.198. The maximum absolute atomic E-state index is 12.7. The minimum absolute atomic E-state index is 0. The van der Waals surface area contributed by atoms with Gasteiger partial charge in [-0.25, -0.2) is 8.78 Å². The van der Waals surface area contributed by atoms with Crippen LogP contribution in [0.2, 0.25) is 0 Å². The summed E-state index contributed by atoms with van der Waals surface area (Å²) in [4.78, 5) is 0. The summed E-state index contributed by atoms with van der Waals surface area (Å²) < 4.78 is 30.7. The number of hydrogen-bond acceptors (Lipinski definition) is 2. The van der Waals surface area contributed by atoms with Crippen molar-refractivity contribution in [3.05, 3.63) is 29.8 Å². The standard InChI is InChI=1S/C10H11F2NO.ClH/c11-8-1-9(12)3-10(2-8)14-6-7-4-13-5-7;/h1-3,7,13H,4-6H2;1H. The Morgan fingerprint density at radius 2 is 1.80 bits per heavy atom. The quantitative estimate of drug-likeness (QED) is 0.865. The molecular weight excluding hydrogens is 224 g/mol. The predicted octanol–water partition coefficient (Wildman–Crippen LogP) is 1.98. The van der Waals surface area contributed by atoms with E-state index in [1.54, 1.807) is 0 Å². The third-order valence-electron chi connectivity index (χ3n) is 2.19. The predicted molar refractivity (Wildman–Crippen MR) is 55.5 cm³/mol. The summed E-state index contributed by atoms with van der Waals surface area (Å²) in [5, 5.41) is 3.09. The fourth-order valence-electron chi connectivity index (χ4n) is 1.29. The van der Waals surface area contributed by atoms with Gasteiger partial charge in [-0.05, 0) is 0 Å². The summed E-state index contributed by atoms with van der Waals surface area (Å²) in [6, 6.07) is 3.21. The summed E-state index contributed by atoms with van der Waals surface area (Å²) in [5.74, 6) is -0.491. The Bertz CT molecular complexity index is 311. The molecular formula is C10H12ClF2NO. The summed E-state index contributed by atoms with van der Waals surface area (Å²) in [5.41, 5.74) is 0. The smallest absolute Gasteiger partial charge is 0.129 e. The zero-order chi connectivity index (χ0) is 9.97. The monoisotopic (exact) mass is 235 g/mol. The molecule has 1 saturated heterocycles. The largest absolute Gasteiger partial charge is 0.493 e. The average Bonchev–Trinajstić information content (AvgIpc) is 1.99. The van der Waals surface area contributed by atoms with Crippen molar-refractivity contribution in [3.63, 3.8) is 0 Å². The van der Waals surface area contributed by atoms with E-state index in [0.717, 1.165) is 19.2 Å². The summed E-state index contributed by atoms with van der Waals surface area (Å²) in [6.45, 7) is 2.34. The van der Waals surface area contributed by atoms with Crippen molar-refractivity contribution in [2.75, 3.05) is 19.7 Å². The molecule has 0 atom stereocenters. The highest BCUT2D eigenvalue weighted by atomic mass is 35.5. The third-order valence-corrected chi connectivity index (χ3v) is 2.19. The fourth-order valence-corrected chi connectivity index (χ4v) is 1.29. The number of rotatable bonds is 3. The molecule has 0 bridgehead atoms. The molecule has 1 aromatic rings.